The van der Waals surface area contributed by atoms with Gasteiger partial charge in [-0.05, 0) is 23.8 Å². The van der Waals surface area contributed by atoms with Crippen molar-refractivity contribution in [2.24, 2.45) is 7.05 Å². The molecule has 3 aromatic rings. The molecule has 1 saturated heterocycles. The summed E-state index contributed by atoms with van der Waals surface area (Å²) in [5.74, 6) is 0.981. The molecule has 2 aromatic carbocycles. The molecule has 1 aromatic heterocycles. The Bertz CT molecular complexity index is 917. The van der Waals surface area contributed by atoms with Gasteiger partial charge in [-0.25, -0.2) is 9.78 Å². The number of nitrogens with one attached hydrogen (secondary N) is 2. The van der Waals surface area contributed by atoms with Crippen molar-refractivity contribution < 1.29 is 4.79 Å². The van der Waals surface area contributed by atoms with Crippen LogP contribution in [0.15, 0.2) is 48.5 Å². The molecule has 2 heterocycles. The second-order valence-electron chi connectivity index (χ2n) is 6.24. The van der Waals surface area contributed by atoms with E-state index >= 15 is 0 Å². The number of rotatable bonds is 5. The summed E-state index contributed by atoms with van der Waals surface area (Å²) in [5, 5.41) is 6.32. The molecule has 0 atom stereocenters. The van der Waals surface area contributed by atoms with Gasteiger partial charge in [-0.2, -0.15) is 0 Å². The van der Waals surface area contributed by atoms with Crippen LogP contribution in [0.25, 0.3) is 11.0 Å². The highest BCUT2D eigenvalue weighted by atomic mass is 16.2. The smallest absolute Gasteiger partial charge is 0.317 e. The fourth-order valence-electron chi connectivity index (χ4n) is 3.23. The van der Waals surface area contributed by atoms with Gasteiger partial charge < -0.3 is 20.1 Å². The first-order valence-corrected chi connectivity index (χ1v) is 8.47. The fourth-order valence-corrected chi connectivity index (χ4v) is 3.23. The minimum absolute atomic E-state index is 0.00477. The Labute approximate surface area is 146 Å². The third kappa shape index (κ3) is 3.03. The minimum atomic E-state index is 0.00477. The van der Waals surface area contributed by atoms with E-state index in [1.807, 2.05) is 48.3 Å². The highest BCUT2D eigenvalue weighted by Gasteiger charge is 2.20. The van der Waals surface area contributed by atoms with E-state index < -0.39 is 0 Å². The Morgan fingerprint density at radius 2 is 1.96 bits per heavy atom. The molecule has 0 saturated carbocycles. The Morgan fingerprint density at radius 3 is 2.76 bits per heavy atom. The van der Waals surface area contributed by atoms with Gasteiger partial charge in [0.1, 0.15) is 5.82 Å². The maximum Gasteiger partial charge on any atom is 0.317 e. The Balaban J connectivity index is 1.52. The molecule has 0 radical (unpaired) electrons. The van der Waals surface area contributed by atoms with Crippen molar-refractivity contribution >= 4 is 22.8 Å². The molecule has 6 nitrogen and oxygen atoms in total. The zero-order valence-corrected chi connectivity index (χ0v) is 14.2. The number of hydrogen-bond donors (Lipinski definition) is 2. The molecular weight excluding hydrogens is 314 g/mol. The van der Waals surface area contributed by atoms with Gasteiger partial charge in [-0.15, -0.1) is 0 Å². The molecule has 6 heteroatoms. The van der Waals surface area contributed by atoms with Gasteiger partial charge >= 0.3 is 6.03 Å². The van der Waals surface area contributed by atoms with Crippen molar-refractivity contribution in [1.29, 1.82) is 0 Å². The summed E-state index contributed by atoms with van der Waals surface area (Å²) < 4.78 is 2.11. The average Bonchev–Trinajstić information content (AvgIpc) is 3.18. The second-order valence-corrected chi connectivity index (χ2v) is 6.24. The Kier molecular flexibility index (Phi) is 4.01. The fraction of sp³-hybridized carbons (Fsp3) is 0.263. The number of nitrogens with zero attached hydrogens (tertiary/aromatic N) is 3. The minimum Gasteiger partial charge on any atom is -0.378 e. The van der Waals surface area contributed by atoms with Crippen LogP contribution in [0.1, 0.15) is 11.4 Å². The molecule has 128 valence electrons. The number of amides is 2. The van der Waals surface area contributed by atoms with E-state index in [0.717, 1.165) is 34.7 Å². The summed E-state index contributed by atoms with van der Waals surface area (Å²) in [5.41, 5.74) is 4.28. The van der Waals surface area contributed by atoms with E-state index in [9.17, 15) is 4.79 Å². The van der Waals surface area contributed by atoms with Crippen molar-refractivity contribution in [2.75, 3.05) is 18.4 Å². The molecule has 2 N–H and O–H groups in total. The van der Waals surface area contributed by atoms with Crippen LogP contribution in [0.2, 0.25) is 0 Å². The van der Waals surface area contributed by atoms with E-state index in [2.05, 4.69) is 27.3 Å². The summed E-state index contributed by atoms with van der Waals surface area (Å²) in [6.07, 6.45) is 0. The van der Waals surface area contributed by atoms with Gasteiger partial charge in [-0.1, -0.05) is 30.3 Å². The molecule has 2 amide bonds. The van der Waals surface area contributed by atoms with Gasteiger partial charge in [0, 0.05) is 32.4 Å². The third-order valence-electron chi connectivity index (χ3n) is 4.64. The molecule has 25 heavy (non-hydrogen) atoms. The molecule has 0 unspecified atom stereocenters. The first kappa shape index (κ1) is 15.5. The largest absolute Gasteiger partial charge is 0.378 e. The number of anilines is 1. The van der Waals surface area contributed by atoms with Gasteiger partial charge in [0.2, 0.25) is 0 Å². The highest BCUT2D eigenvalue weighted by molar-refractivity contribution is 5.77. The van der Waals surface area contributed by atoms with Gasteiger partial charge in [0.05, 0.1) is 17.6 Å². The van der Waals surface area contributed by atoms with Gasteiger partial charge in [0.25, 0.3) is 0 Å². The van der Waals surface area contributed by atoms with Crippen molar-refractivity contribution in [3.8, 4) is 0 Å². The van der Waals surface area contributed by atoms with Gasteiger partial charge in [-0.3, -0.25) is 0 Å². The van der Waals surface area contributed by atoms with E-state index in [1.165, 1.54) is 0 Å². The van der Waals surface area contributed by atoms with E-state index in [0.29, 0.717) is 19.6 Å². The summed E-state index contributed by atoms with van der Waals surface area (Å²) >= 11 is 0. The lowest BCUT2D eigenvalue weighted by molar-refractivity contribution is 0.215. The topological polar surface area (TPSA) is 62.2 Å². The summed E-state index contributed by atoms with van der Waals surface area (Å²) in [6, 6.07) is 16.2. The molecule has 1 fully saturated rings. The number of carbonyl (C=O) groups is 1. The number of aromatic nitrogens is 2. The highest BCUT2D eigenvalue weighted by Crippen LogP contribution is 2.20. The predicted octanol–water partition coefficient (Wildman–Crippen LogP) is 2.71. The van der Waals surface area contributed by atoms with Gasteiger partial charge in [0.15, 0.2) is 0 Å². The lowest BCUT2D eigenvalue weighted by atomic mass is 10.1. The van der Waals surface area contributed by atoms with Crippen molar-refractivity contribution in [3.05, 3.63) is 59.9 Å². The summed E-state index contributed by atoms with van der Waals surface area (Å²) in [6.45, 7) is 2.71. The molecule has 1 aliphatic heterocycles. The van der Waals surface area contributed by atoms with E-state index in [4.69, 9.17) is 4.98 Å². The van der Waals surface area contributed by atoms with Crippen molar-refractivity contribution in [3.63, 3.8) is 0 Å². The molecule has 1 aliphatic rings. The van der Waals surface area contributed by atoms with Crippen LogP contribution in [-0.2, 0) is 20.1 Å². The standard InChI is InChI=1S/C19H21N5O/c1-23-17-9-5-4-8-16(17)22-18(23)12-21-15-7-3-2-6-14(15)13-24-11-10-20-19(24)25/h2-9,21H,10-13H2,1H3,(H,20,25). The van der Waals surface area contributed by atoms with Crippen molar-refractivity contribution in [1.82, 2.24) is 19.8 Å². The van der Waals surface area contributed by atoms with Crippen LogP contribution < -0.4 is 10.6 Å². The third-order valence-corrected chi connectivity index (χ3v) is 4.64. The number of aryl methyl sites for hydroxylation is 1. The number of imidazole rings is 1. The average molecular weight is 335 g/mol. The Hall–Kier alpha value is -3.02. The molecular formula is C19H21N5O. The lowest BCUT2D eigenvalue weighted by Crippen LogP contribution is -2.27. The number of fused-ring (bicyclic) bond motifs is 1. The van der Waals surface area contributed by atoms with Crippen LogP contribution >= 0.6 is 0 Å². The quantitative estimate of drug-likeness (QED) is 0.754. The molecule has 0 spiro atoms. The van der Waals surface area contributed by atoms with Crippen LogP contribution in [0.3, 0.4) is 0 Å². The van der Waals surface area contributed by atoms with Crippen LogP contribution in [0, 0.1) is 0 Å². The maximum absolute atomic E-state index is 11.8. The molecule has 4 rings (SSSR count). The van der Waals surface area contributed by atoms with Crippen LogP contribution in [0.5, 0.6) is 0 Å². The maximum atomic E-state index is 11.8. The monoisotopic (exact) mass is 335 g/mol. The summed E-state index contributed by atoms with van der Waals surface area (Å²) in [7, 11) is 2.03. The van der Waals surface area contributed by atoms with Crippen LogP contribution in [0.4, 0.5) is 10.5 Å². The van der Waals surface area contributed by atoms with Crippen molar-refractivity contribution in [2.45, 2.75) is 13.1 Å². The van der Waals surface area contributed by atoms with E-state index in [-0.39, 0.29) is 6.03 Å². The van der Waals surface area contributed by atoms with Crippen LogP contribution in [-0.4, -0.2) is 33.6 Å². The second kappa shape index (κ2) is 6.47. The zero-order valence-electron chi connectivity index (χ0n) is 14.2. The predicted molar refractivity (Wildman–Crippen MR) is 98.3 cm³/mol. The van der Waals surface area contributed by atoms with E-state index in [1.54, 1.807) is 0 Å². The number of carbonyl (C=O) groups excluding carboxylic acids is 1. The number of para-hydroxylation sites is 3. The normalized spacial score (nSPS) is 14.1. The zero-order chi connectivity index (χ0) is 17.2. The number of urea groups is 1. The molecule has 0 aliphatic carbocycles. The Morgan fingerprint density at radius 1 is 1.16 bits per heavy atom. The molecule has 0 bridgehead atoms. The first-order chi connectivity index (χ1) is 12.2. The summed E-state index contributed by atoms with van der Waals surface area (Å²) in [4.78, 5) is 18.3. The number of hydrogen-bond acceptors (Lipinski definition) is 3. The first-order valence-electron chi connectivity index (χ1n) is 8.47. The SMILES string of the molecule is Cn1c(CNc2ccccc2CN2CCNC2=O)nc2ccccc21. The number of benzene rings is 2. The lowest BCUT2D eigenvalue weighted by Gasteiger charge is -2.17.